The Hall–Kier alpha value is -0.570. The first-order valence-electron chi connectivity index (χ1n) is 4.60. The first kappa shape index (κ1) is 8.05. The molecule has 1 aliphatic carbocycles. The zero-order valence-corrected chi connectivity index (χ0v) is 7.42. The van der Waals surface area contributed by atoms with Crippen LogP contribution in [0.15, 0.2) is 0 Å². The first-order chi connectivity index (χ1) is 5.58. The number of β-amino-alcohol motifs (C(OH)–C–C–N with tert-alkyl or cyclic N) is 1. The number of carbonyl (C=O) groups excluding carboxylic acids is 1. The van der Waals surface area contributed by atoms with E-state index in [1.807, 2.05) is 0 Å². The van der Waals surface area contributed by atoms with Crippen LogP contribution in [-0.2, 0) is 4.79 Å². The molecule has 2 rings (SSSR count). The Labute approximate surface area is 72.4 Å². The molecule has 0 aromatic carbocycles. The van der Waals surface area contributed by atoms with E-state index in [4.69, 9.17) is 0 Å². The molecule has 0 atom stereocenters. The molecule has 1 saturated carbocycles. The topological polar surface area (TPSA) is 40.5 Å². The lowest BCUT2D eigenvalue weighted by Crippen LogP contribution is -2.63. The van der Waals surface area contributed by atoms with E-state index in [-0.39, 0.29) is 11.8 Å². The van der Waals surface area contributed by atoms with E-state index in [2.05, 4.69) is 0 Å². The van der Waals surface area contributed by atoms with Crippen molar-refractivity contribution >= 4 is 5.91 Å². The van der Waals surface area contributed by atoms with Gasteiger partial charge in [-0.05, 0) is 19.8 Å². The summed E-state index contributed by atoms with van der Waals surface area (Å²) in [6.45, 7) is 2.84. The predicted molar refractivity (Wildman–Crippen MR) is 44.5 cm³/mol. The van der Waals surface area contributed by atoms with Crippen LogP contribution in [0, 0.1) is 5.92 Å². The van der Waals surface area contributed by atoms with Gasteiger partial charge in [-0.1, -0.05) is 6.42 Å². The fourth-order valence-corrected chi connectivity index (χ4v) is 1.85. The van der Waals surface area contributed by atoms with Crippen molar-refractivity contribution in [2.45, 2.75) is 31.8 Å². The zero-order chi connectivity index (χ0) is 8.77. The van der Waals surface area contributed by atoms with Crippen LogP contribution in [0.2, 0.25) is 0 Å². The number of aliphatic hydroxyl groups is 1. The van der Waals surface area contributed by atoms with E-state index in [0.717, 1.165) is 12.8 Å². The molecule has 2 fully saturated rings. The van der Waals surface area contributed by atoms with Gasteiger partial charge in [-0.2, -0.15) is 0 Å². The molecule has 0 unspecified atom stereocenters. The van der Waals surface area contributed by atoms with Crippen molar-refractivity contribution in [1.29, 1.82) is 0 Å². The molecule has 0 bridgehead atoms. The Morgan fingerprint density at radius 3 is 2.42 bits per heavy atom. The quantitative estimate of drug-likeness (QED) is 0.616. The second kappa shape index (κ2) is 2.46. The van der Waals surface area contributed by atoms with Gasteiger partial charge in [0.15, 0.2) is 0 Å². The minimum atomic E-state index is -0.612. The van der Waals surface area contributed by atoms with Gasteiger partial charge < -0.3 is 10.0 Å². The first-order valence-corrected chi connectivity index (χ1v) is 4.60. The highest BCUT2D eigenvalue weighted by atomic mass is 16.3. The lowest BCUT2D eigenvalue weighted by atomic mass is 9.82. The molecule has 0 radical (unpaired) electrons. The fraction of sp³-hybridized carbons (Fsp3) is 0.889. The molecule has 1 aliphatic heterocycles. The Morgan fingerprint density at radius 2 is 2.08 bits per heavy atom. The second-order valence-electron chi connectivity index (χ2n) is 4.32. The molecule has 1 N–H and O–H groups in total. The standard InChI is InChI=1S/C9H15NO2/c1-9(12)5-10(6-9)8(11)7-3-2-4-7/h7,12H,2-6H2,1H3. The molecular weight excluding hydrogens is 154 g/mol. The van der Waals surface area contributed by atoms with Crippen LogP contribution in [0.5, 0.6) is 0 Å². The van der Waals surface area contributed by atoms with Crippen molar-refractivity contribution in [2.75, 3.05) is 13.1 Å². The molecule has 1 amide bonds. The van der Waals surface area contributed by atoms with E-state index in [1.54, 1.807) is 11.8 Å². The third-order valence-electron chi connectivity index (χ3n) is 2.83. The SMILES string of the molecule is CC1(O)CN(C(=O)C2CCC2)C1. The Bertz CT molecular complexity index is 201. The predicted octanol–water partition coefficient (Wildman–Crippen LogP) is 0.380. The maximum Gasteiger partial charge on any atom is 0.225 e. The van der Waals surface area contributed by atoms with Gasteiger partial charge in [-0.25, -0.2) is 0 Å². The van der Waals surface area contributed by atoms with Gasteiger partial charge in [0.2, 0.25) is 5.91 Å². The molecule has 68 valence electrons. The average Bonchev–Trinajstić information content (AvgIpc) is 1.77. The molecule has 3 heteroatoms. The molecule has 0 aromatic rings. The van der Waals surface area contributed by atoms with Crippen LogP contribution in [0.4, 0.5) is 0 Å². The summed E-state index contributed by atoms with van der Waals surface area (Å²) in [4.78, 5) is 13.3. The molecule has 3 nitrogen and oxygen atoms in total. The number of amides is 1. The van der Waals surface area contributed by atoms with Gasteiger partial charge in [-0.15, -0.1) is 0 Å². The highest BCUT2D eigenvalue weighted by Gasteiger charge is 2.42. The third kappa shape index (κ3) is 1.22. The summed E-state index contributed by atoms with van der Waals surface area (Å²) >= 11 is 0. The van der Waals surface area contributed by atoms with Gasteiger partial charge in [0, 0.05) is 5.92 Å². The highest BCUT2D eigenvalue weighted by Crippen LogP contribution is 2.31. The van der Waals surface area contributed by atoms with E-state index in [9.17, 15) is 9.90 Å². The van der Waals surface area contributed by atoms with Gasteiger partial charge in [-0.3, -0.25) is 4.79 Å². The summed E-state index contributed by atoms with van der Waals surface area (Å²) in [5, 5.41) is 9.41. The Balaban J connectivity index is 1.83. The maximum absolute atomic E-state index is 11.5. The molecule has 0 aromatic heterocycles. The van der Waals surface area contributed by atoms with E-state index >= 15 is 0 Å². The largest absolute Gasteiger partial charge is 0.386 e. The number of likely N-dealkylation sites (tertiary alicyclic amines) is 1. The highest BCUT2D eigenvalue weighted by molar-refractivity contribution is 5.80. The van der Waals surface area contributed by atoms with Crippen LogP contribution >= 0.6 is 0 Å². The van der Waals surface area contributed by atoms with E-state index in [0.29, 0.717) is 13.1 Å². The average molecular weight is 169 g/mol. The number of hydrogen-bond acceptors (Lipinski definition) is 2. The molecule has 1 heterocycles. The number of nitrogens with zero attached hydrogens (tertiary/aromatic N) is 1. The van der Waals surface area contributed by atoms with Crippen LogP contribution < -0.4 is 0 Å². The molecule has 1 saturated heterocycles. The minimum Gasteiger partial charge on any atom is -0.386 e. The van der Waals surface area contributed by atoms with Gasteiger partial charge in [0.05, 0.1) is 18.7 Å². The van der Waals surface area contributed by atoms with Gasteiger partial charge >= 0.3 is 0 Å². The Morgan fingerprint density at radius 1 is 1.50 bits per heavy atom. The van der Waals surface area contributed by atoms with Gasteiger partial charge in [0.1, 0.15) is 0 Å². The van der Waals surface area contributed by atoms with E-state index in [1.165, 1.54) is 6.42 Å². The van der Waals surface area contributed by atoms with Gasteiger partial charge in [0.25, 0.3) is 0 Å². The summed E-state index contributed by atoms with van der Waals surface area (Å²) in [6.07, 6.45) is 3.30. The number of rotatable bonds is 1. The number of hydrogen-bond donors (Lipinski definition) is 1. The Kier molecular flexibility index (Phi) is 1.65. The number of carbonyl (C=O) groups is 1. The monoisotopic (exact) mass is 169 g/mol. The normalized spacial score (nSPS) is 27.7. The third-order valence-corrected chi connectivity index (χ3v) is 2.83. The summed E-state index contributed by atoms with van der Waals surface area (Å²) in [5.74, 6) is 0.536. The van der Waals surface area contributed by atoms with Crippen molar-refractivity contribution in [3.8, 4) is 0 Å². The van der Waals surface area contributed by atoms with Crippen molar-refractivity contribution < 1.29 is 9.90 Å². The molecular formula is C9H15NO2. The van der Waals surface area contributed by atoms with Crippen LogP contribution in [0.3, 0.4) is 0 Å². The van der Waals surface area contributed by atoms with Crippen molar-refractivity contribution in [3.63, 3.8) is 0 Å². The maximum atomic E-state index is 11.5. The summed E-state index contributed by atoms with van der Waals surface area (Å²) in [7, 11) is 0. The molecule has 12 heavy (non-hydrogen) atoms. The van der Waals surface area contributed by atoms with Crippen molar-refractivity contribution in [3.05, 3.63) is 0 Å². The van der Waals surface area contributed by atoms with Crippen LogP contribution in [0.25, 0.3) is 0 Å². The van der Waals surface area contributed by atoms with Crippen molar-refractivity contribution in [1.82, 2.24) is 4.90 Å². The smallest absolute Gasteiger partial charge is 0.225 e. The second-order valence-corrected chi connectivity index (χ2v) is 4.32. The molecule has 2 aliphatic rings. The van der Waals surface area contributed by atoms with E-state index < -0.39 is 5.60 Å². The zero-order valence-electron chi connectivity index (χ0n) is 7.42. The fourth-order valence-electron chi connectivity index (χ4n) is 1.85. The van der Waals surface area contributed by atoms with Crippen molar-refractivity contribution in [2.24, 2.45) is 5.92 Å². The minimum absolute atomic E-state index is 0.257. The summed E-state index contributed by atoms with van der Waals surface area (Å²) in [6, 6.07) is 0. The summed E-state index contributed by atoms with van der Waals surface area (Å²) in [5.41, 5.74) is -0.612. The van der Waals surface area contributed by atoms with Crippen LogP contribution in [-0.4, -0.2) is 34.6 Å². The lowest BCUT2D eigenvalue weighted by molar-refractivity contribution is -0.159. The lowest BCUT2D eigenvalue weighted by Gasteiger charge is -2.46. The summed E-state index contributed by atoms with van der Waals surface area (Å²) < 4.78 is 0. The molecule has 0 spiro atoms. The van der Waals surface area contributed by atoms with Crippen LogP contribution in [0.1, 0.15) is 26.2 Å².